The van der Waals surface area contributed by atoms with E-state index in [1.165, 1.54) is 30.3 Å². The molecule has 8 nitrogen and oxygen atoms in total. The number of ether oxygens (including phenoxy) is 2. The first-order chi connectivity index (χ1) is 16.9. The lowest BCUT2D eigenvalue weighted by Gasteiger charge is -2.10. The van der Waals surface area contributed by atoms with Crippen molar-refractivity contribution in [2.24, 2.45) is 0 Å². The van der Waals surface area contributed by atoms with Crippen LogP contribution >= 0.6 is 0 Å². The van der Waals surface area contributed by atoms with Crippen molar-refractivity contribution in [2.75, 3.05) is 11.9 Å². The molecular formula is C27H22N2O6. The van der Waals surface area contributed by atoms with Gasteiger partial charge < -0.3 is 19.9 Å². The summed E-state index contributed by atoms with van der Waals surface area (Å²) in [6.45, 7) is 2.14. The Morgan fingerprint density at radius 3 is 2.26 bits per heavy atom. The molecule has 8 heteroatoms. The van der Waals surface area contributed by atoms with Crippen molar-refractivity contribution < 1.29 is 29.0 Å². The van der Waals surface area contributed by atoms with Crippen LogP contribution < -0.4 is 10.1 Å². The predicted molar refractivity (Wildman–Crippen MR) is 129 cm³/mol. The molecular weight excluding hydrogens is 448 g/mol. The number of hydrogen-bond acceptors (Lipinski definition) is 6. The van der Waals surface area contributed by atoms with Gasteiger partial charge in [-0.1, -0.05) is 30.3 Å². The van der Waals surface area contributed by atoms with E-state index in [9.17, 15) is 19.6 Å². The fraction of sp³-hybridized carbons (Fsp3) is 0.111. The second kappa shape index (κ2) is 11.8. The first kappa shape index (κ1) is 24.7. The van der Waals surface area contributed by atoms with Crippen LogP contribution in [0.15, 0.2) is 78.4 Å². The van der Waals surface area contributed by atoms with Crippen molar-refractivity contribution in [3.63, 3.8) is 0 Å². The van der Waals surface area contributed by atoms with Crippen molar-refractivity contribution in [2.45, 2.75) is 13.5 Å². The lowest BCUT2D eigenvalue weighted by atomic mass is 10.1. The number of anilines is 1. The number of carbonyl (C=O) groups excluding carboxylic acids is 2. The number of nitrogens with one attached hydrogen (secondary N) is 1. The number of para-hydroxylation sites is 1. The van der Waals surface area contributed by atoms with Gasteiger partial charge in [0, 0.05) is 11.3 Å². The zero-order valence-electron chi connectivity index (χ0n) is 18.9. The standard InChI is InChI=1S/C27H22N2O6/c1-2-34-27(33)20-11-13-23(14-12-20)29-25(30)22(16-28)15-21-5-3-4-6-24(21)35-17-18-7-9-19(10-8-18)26(31)32/h3-15H,2,17H2,1H3,(H,29,30)(H,31,32)/b22-15+. The van der Waals surface area contributed by atoms with Gasteiger partial charge in [0.25, 0.3) is 5.91 Å². The molecule has 0 unspecified atom stereocenters. The fourth-order valence-electron chi connectivity index (χ4n) is 3.04. The van der Waals surface area contributed by atoms with Crippen LogP contribution in [0, 0.1) is 11.3 Å². The van der Waals surface area contributed by atoms with Crippen molar-refractivity contribution in [1.82, 2.24) is 0 Å². The largest absolute Gasteiger partial charge is 0.488 e. The Labute approximate surface area is 202 Å². The number of hydrogen-bond donors (Lipinski definition) is 2. The monoisotopic (exact) mass is 470 g/mol. The van der Waals surface area contributed by atoms with Gasteiger partial charge in [0.05, 0.1) is 17.7 Å². The SMILES string of the molecule is CCOC(=O)c1ccc(NC(=O)/C(C#N)=C/c2ccccc2OCc2ccc(C(=O)O)cc2)cc1. The van der Waals surface area contributed by atoms with Gasteiger partial charge in [-0.2, -0.15) is 5.26 Å². The Kier molecular flexibility index (Phi) is 8.35. The van der Waals surface area contributed by atoms with Crippen molar-refractivity contribution in [3.8, 4) is 11.8 Å². The van der Waals surface area contributed by atoms with E-state index in [0.29, 0.717) is 22.6 Å². The predicted octanol–water partition coefficient (Wildman–Crippen LogP) is 4.69. The number of carboxylic acids is 1. The maximum absolute atomic E-state index is 12.7. The first-order valence-corrected chi connectivity index (χ1v) is 10.7. The summed E-state index contributed by atoms with van der Waals surface area (Å²) in [4.78, 5) is 35.4. The van der Waals surface area contributed by atoms with Crippen LogP contribution in [0.4, 0.5) is 5.69 Å². The topological polar surface area (TPSA) is 126 Å². The molecule has 0 aromatic heterocycles. The minimum atomic E-state index is -1.01. The molecule has 3 rings (SSSR count). The molecule has 0 aliphatic heterocycles. The molecule has 1 amide bonds. The molecule has 0 atom stereocenters. The summed E-state index contributed by atoms with van der Waals surface area (Å²) < 4.78 is 10.8. The molecule has 0 saturated carbocycles. The van der Waals surface area contributed by atoms with Crippen LogP contribution in [0.3, 0.4) is 0 Å². The molecule has 3 aromatic carbocycles. The Morgan fingerprint density at radius 2 is 1.63 bits per heavy atom. The van der Waals surface area contributed by atoms with Crippen LogP contribution in [0.1, 0.15) is 38.8 Å². The van der Waals surface area contributed by atoms with Crippen LogP contribution in [0.2, 0.25) is 0 Å². The number of esters is 1. The van der Waals surface area contributed by atoms with Crippen LogP contribution in [-0.4, -0.2) is 29.6 Å². The van der Waals surface area contributed by atoms with Gasteiger partial charge in [-0.05, 0) is 61.0 Å². The van der Waals surface area contributed by atoms with Gasteiger partial charge in [0.1, 0.15) is 24.0 Å². The zero-order valence-corrected chi connectivity index (χ0v) is 18.9. The lowest BCUT2D eigenvalue weighted by molar-refractivity contribution is -0.112. The third-order valence-electron chi connectivity index (χ3n) is 4.83. The highest BCUT2D eigenvalue weighted by Gasteiger charge is 2.13. The highest BCUT2D eigenvalue weighted by molar-refractivity contribution is 6.10. The van der Waals surface area contributed by atoms with Crippen LogP contribution in [0.5, 0.6) is 5.75 Å². The molecule has 3 aromatic rings. The van der Waals surface area contributed by atoms with E-state index in [0.717, 1.165) is 5.56 Å². The molecule has 35 heavy (non-hydrogen) atoms. The summed E-state index contributed by atoms with van der Waals surface area (Å²) in [5, 5.41) is 21.2. The summed E-state index contributed by atoms with van der Waals surface area (Å²) >= 11 is 0. The quantitative estimate of drug-likeness (QED) is 0.264. The number of carboxylic acid groups (broad SMARTS) is 1. The second-order valence-corrected chi connectivity index (χ2v) is 7.25. The molecule has 0 heterocycles. The average molecular weight is 470 g/mol. The Balaban J connectivity index is 1.71. The molecule has 0 aliphatic rings. The molecule has 0 bridgehead atoms. The summed E-state index contributed by atoms with van der Waals surface area (Å²) in [5.41, 5.74) is 2.10. The number of benzene rings is 3. The van der Waals surface area contributed by atoms with Gasteiger partial charge in [0.2, 0.25) is 0 Å². The number of carbonyl (C=O) groups is 3. The van der Waals surface area contributed by atoms with Crippen LogP contribution in [0.25, 0.3) is 6.08 Å². The van der Waals surface area contributed by atoms with Gasteiger partial charge in [-0.25, -0.2) is 9.59 Å². The normalized spacial score (nSPS) is 10.7. The molecule has 0 fully saturated rings. The summed E-state index contributed by atoms with van der Waals surface area (Å²) in [6, 6.07) is 21.3. The molecule has 0 radical (unpaired) electrons. The maximum atomic E-state index is 12.7. The number of rotatable bonds is 9. The lowest BCUT2D eigenvalue weighted by Crippen LogP contribution is -2.13. The summed E-state index contributed by atoms with van der Waals surface area (Å²) in [5.74, 6) is -1.63. The van der Waals surface area contributed by atoms with E-state index in [1.54, 1.807) is 55.5 Å². The molecule has 2 N–H and O–H groups in total. The number of nitrogens with zero attached hydrogens (tertiary/aromatic N) is 1. The number of aromatic carboxylic acids is 1. The first-order valence-electron chi connectivity index (χ1n) is 10.7. The smallest absolute Gasteiger partial charge is 0.338 e. The van der Waals surface area contributed by atoms with Gasteiger partial charge in [-0.15, -0.1) is 0 Å². The van der Waals surface area contributed by atoms with Crippen LogP contribution in [-0.2, 0) is 16.1 Å². The second-order valence-electron chi connectivity index (χ2n) is 7.25. The highest BCUT2D eigenvalue weighted by atomic mass is 16.5. The molecule has 0 aliphatic carbocycles. The van der Waals surface area contributed by atoms with Crippen molar-refractivity contribution in [3.05, 3.63) is 101 Å². The van der Waals surface area contributed by atoms with Crippen molar-refractivity contribution in [1.29, 1.82) is 5.26 Å². The Bertz CT molecular complexity index is 1290. The van der Waals surface area contributed by atoms with E-state index >= 15 is 0 Å². The van der Waals surface area contributed by atoms with Crippen molar-refractivity contribution >= 4 is 29.6 Å². The number of nitriles is 1. The summed E-state index contributed by atoms with van der Waals surface area (Å²) in [6.07, 6.45) is 1.42. The minimum Gasteiger partial charge on any atom is -0.488 e. The Hall–Kier alpha value is -4.90. The third kappa shape index (κ3) is 6.79. The molecule has 0 spiro atoms. The van der Waals surface area contributed by atoms with Gasteiger partial charge >= 0.3 is 11.9 Å². The maximum Gasteiger partial charge on any atom is 0.338 e. The Morgan fingerprint density at radius 1 is 0.971 bits per heavy atom. The number of amides is 1. The molecule has 176 valence electrons. The molecule has 0 saturated heterocycles. The zero-order chi connectivity index (χ0) is 25.2. The van der Waals surface area contributed by atoms with E-state index in [-0.39, 0.29) is 24.4 Å². The van der Waals surface area contributed by atoms with E-state index in [4.69, 9.17) is 14.6 Å². The average Bonchev–Trinajstić information content (AvgIpc) is 2.87. The minimum absolute atomic E-state index is 0.138. The van der Waals surface area contributed by atoms with E-state index in [2.05, 4.69) is 5.32 Å². The highest BCUT2D eigenvalue weighted by Crippen LogP contribution is 2.23. The van der Waals surface area contributed by atoms with Gasteiger partial charge in [-0.3, -0.25) is 4.79 Å². The van der Waals surface area contributed by atoms with Gasteiger partial charge in [0.15, 0.2) is 0 Å². The fourth-order valence-corrected chi connectivity index (χ4v) is 3.04. The van der Waals surface area contributed by atoms with E-state index in [1.807, 2.05) is 6.07 Å². The third-order valence-corrected chi connectivity index (χ3v) is 4.83. The summed E-state index contributed by atoms with van der Waals surface area (Å²) in [7, 11) is 0. The van der Waals surface area contributed by atoms with E-state index < -0.39 is 17.8 Å².